The number of aromatic nitrogens is 2. The molecule has 9 nitrogen and oxygen atoms in total. The second-order valence-electron chi connectivity index (χ2n) is 6.80. The minimum Gasteiger partial charge on any atom is -0.477 e. The van der Waals surface area contributed by atoms with E-state index in [0.29, 0.717) is 17.8 Å². The summed E-state index contributed by atoms with van der Waals surface area (Å²) in [6, 6.07) is -0.352. The van der Waals surface area contributed by atoms with Gasteiger partial charge in [0.15, 0.2) is 0 Å². The lowest BCUT2D eigenvalue weighted by Crippen LogP contribution is -2.63. The van der Waals surface area contributed by atoms with Crippen molar-refractivity contribution >= 4 is 40.0 Å². The number of carbonyl (C=O) groups is 3. The Labute approximate surface area is 157 Å². The number of thiazole rings is 1. The SMILES string of the molecule is C[C@@H](O)[C@H]1C(=O)N2C(C(=O)O)=C(c3cn4c(CNC=O)ncc4s3)[C@H](C)[C@@H]12. The number of aliphatic carboxylic acids is 1. The number of aliphatic hydroxyl groups excluding tert-OH is 1. The van der Waals surface area contributed by atoms with Crippen molar-refractivity contribution in [2.24, 2.45) is 11.8 Å². The highest BCUT2D eigenvalue weighted by atomic mass is 32.1. The smallest absolute Gasteiger partial charge is 0.352 e. The summed E-state index contributed by atoms with van der Waals surface area (Å²) in [4.78, 5) is 42.0. The van der Waals surface area contributed by atoms with Crippen LogP contribution in [0.1, 0.15) is 24.5 Å². The van der Waals surface area contributed by atoms with Gasteiger partial charge in [-0.1, -0.05) is 6.92 Å². The molecule has 2 aromatic heterocycles. The Kier molecular flexibility index (Phi) is 4.04. The van der Waals surface area contributed by atoms with Crippen LogP contribution in [0.2, 0.25) is 0 Å². The third kappa shape index (κ3) is 2.40. The van der Waals surface area contributed by atoms with E-state index >= 15 is 0 Å². The number of carboxylic acids is 1. The van der Waals surface area contributed by atoms with Gasteiger partial charge >= 0.3 is 5.97 Å². The second-order valence-corrected chi connectivity index (χ2v) is 7.86. The molecular weight excluding hydrogens is 372 g/mol. The van der Waals surface area contributed by atoms with E-state index in [-0.39, 0.29) is 30.1 Å². The average Bonchev–Trinajstić information content (AvgIpc) is 3.23. The quantitative estimate of drug-likeness (QED) is 0.481. The van der Waals surface area contributed by atoms with Crippen molar-refractivity contribution in [2.45, 2.75) is 32.5 Å². The fourth-order valence-electron chi connectivity index (χ4n) is 4.13. The summed E-state index contributed by atoms with van der Waals surface area (Å²) in [5.74, 6) is -1.69. The van der Waals surface area contributed by atoms with Gasteiger partial charge in [0.2, 0.25) is 12.3 Å². The number of carbonyl (C=O) groups excluding carboxylic acids is 2. The lowest BCUT2D eigenvalue weighted by Gasteiger charge is -2.46. The van der Waals surface area contributed by atoms with E-state index in [0.717, 1.165) is 9.71 Å². The zero-order valence-electron chi connectivity index (χ0n) is 14.6. The van der Waals surface area contributed by atoms with Gasteiger partial charge in [-0.15, -0.1) is 11.3 Å². The van der Waals surface area contributed by atoms with Crippen molar-refractivity contribution < 1.29 is 24.6 Å². The zero-order valence-corrected chi connectivity index (χ0v) is 15.4. The van der Waals surface area contributed by atoms with Gasteiger partial charge in [-0.3, -0.25) is 14.0 Å². The predicted octanol–water partition coefficient (Wildman–Crippen LogP) is 0.295. The molecule has 4 heterocycles. The van der Waals surface area contributed by atoms with Gasteiger partial charge in [-0.2, -0.15) is 0 Å². The highest BCUT2D eigenvalue weighted by Gasteiger charge is 2.60. The molecule has 2 amide bonds. The van der Waals surface area contributed by atoms with Crippen LogP contribution in [0.3, 0.4) is 0 Å². The minimum absolute atomic E-state index is 0.0144. The largest absolute Gasteiger partial charge is 0.477 e. The number of aliphatic hydroxyl groups is 1. The molecule has 1 saturated heterocycles. The first-order valence-corrected chi connectivity index (χ1v) is 9.30. The molecule has 0 radical (unpaired) electrons. The monoisotopic (exact) mass is 390 g/mol. The van der Waals surface area contributed by atoms with Gasteiger partial charge in [0.1, 0.15) is 16.4 Å². The number of hydrogen-bond acceptors (Lipinski definition) is 6. The van der Waals surface area contributed by atoms with E-state index < -0.39 is 18.0 Å². The molecule has 0 saturated carbocycles. The molecule has 0 spiro atoms. The maximum atomic E-state index is 12.4. The lowest BCUT2D eigenvalue weighted by molar-refractivity contribution is -0.163. The molecule has 2 aliphatic heterocycles. The van der Waals surface area contributed by atoms with E-state index in [1.165, 1.54) is 16.2 Å². The van der Waals surface area contributed by atoms with Crippen LogP contribution in [0, 0.1) is 11.8 Å². The van der Waals surface area contributed by atoms with E-state index in [4.69, 9.17) is 0 Å². The molecule has 142 valence electrons. The Morgan fingerprint density at radius 2 is 2.26 bits per heavy atom. The number of fused-ring (bicyclic) bond motifs is 2. The van der Waals surface area contributed by atoms with Crippen LogP contribution in [-0.2, 0) is 20.9 Å². The molecule has 10 heteroatoms. The summed E-state index contributed by atoms with van der Waals surface area (Å²) in [7, 11) is 0. The minimum atomic E-state index is -1.16. The van der Waals surface area contributed by atoms with Gasteiger partial charge in [-0.25, -0.2) is 9.78 Å². The molecule has 0 bridgehead atoms. The van der Waals surface area contributed by atoms with Crippen LogP contribution in [0.5, 0.6) is 0 Å². The highest BCUT2D eigenvalue weighted by molar-refractivity contribution is 7.18. The topological polar surface area (TPSA) is 124 Å². The van der Waals surface area contributed by atoms with Crippen molar-refractivity contribution in [1.29, 1.82) is 0 Å². The Morgan fingerprint density at radius 1 is 1.52 bits per heavy atom. The number of carboxylic acid groups (broad SMARTS) is 1. The summed E-state index contributed by atoms with van der Waals surface area (Å²) in [6.07, 6.45) is 3.21. The predicted molar refractivity (Wildman–Crippen MR) is 95.5 cm³/mol. The fourth-order valence-corrected chi connectivity index (χ4v) is 5.27. The Bertz CT molecular complexity index is 991. The Hall–Kier alpha value is -2.72. The summed E-state index contributed by atoms with van der Waals surface area (Å²) < 4.78 is 1.80. The van der Waals surface area contributed by atoms with Crippen molar-refractivity contribution in [3.8, 4) is 0 Å². The average molecular weight is 390 g/mol. The molecule has 0 aromatic carbocycles. The van der Waals surface area contributed by atoms with E-state index in [1.807, 2.05) is 6.92 Å². The highest BCUT2D eigenvalue weighted by Crippen LogP contribution is 2.51. The number of nitrogens with zero attached hydrogens (tertiary/aromatic N) is 3. The first kappa shape index (κ1) is 17.7. The standard InChI is InChI=1S/C17H18N4O5S/c1-7-12(9-5-20-10(3-18-6-22)19-4-11(20)27-9)15(17(25)26)21-14(7)13(8(2)23)16(21)24/h4-8,13-14,23H,3H2,1-2H3,(H,18,22)(H,25,26)/t7-,8+,13+,14-/m0/s1. The number of imidazole rings is 1. The maximum absolute atomic E-state index is 12.4. The van der Waals surface area contributed by atoms with Crippen LogP contribution >= 0.6 is 11.3 Å². The first-order chi connectivity index (χ1) is 12.9. The van der Waals surface area contributed by atoms with Crippen LogP contribution in [0.4, 0.5) is 0 Å². The van der Waals surface area contributed by atoms with E-state index in [9.17, 15) is 24.6 Å². The third-order valence-corrected chi connectivity index (χ3v) is 6.34. The van der Waals surface area contributed by atoms with Gasteiger partial charge < -0.3 is 20.4 Å². The molecule has 4 rings (SSSR count). The summed E-state index contributed by atoms with van der Waals surface area (Å²) in [6.45, 7) is 3.69. The molecule has 3 N–H and O–H groups in total. The molecule has 2 aromatic rings. The first-order valence-electron chi connectivity index (χ1n) is 8.48. The molecule has 1 fully saturated rings. The van der Waals surface area contributed by atoms with Crippen LogP contribution in [0.25, 0.3) is 10.4 Å². The van der Waals surface area contributed by atoms with Crippen LogP contribution in [0.15, 0.2) is 18.1 Å². The molecule has 2 aliphatic rings. The van der Waals surface area contributed by atoms with Gasteiger partial charge in [-0.05, 0) is 6.92 Å². The van der Waals surface area contributed by atoms with Crippen LogP contribution < -0.4 is 5.32 Å². The number of β-lactam (4-membered cyclic amide) rings is 1. The number of amides is 2. The van der Waals surface area contributed by atoms with Crippen LogP contribution in [-0.4, -0.2) is 54.9 Å². The molecular formula is C17H18N4O5S. The van der Waals surface area contributed by atoms with Crippen molar-refractivity contribution in [2.75, 3.05) is 0 Å². The summed E-state index contributed by atoms with van der Waals surface area (Å²) >= 11 is 1.38. The van der Waals surface area contributed by atoms with Gasteiger partial charge in [0.25, 0.3) is 0 Å². The summed E-state index contributed by atoms with van der Waals surface area (Å²) in [5.41, 5.74) is 0.575. The second kappa shape index (κ2) is 6.17. The van der Waals surface area contributed by atoms with E-state index in [1.54, 1.807) is 23.7 Å². The maximum Gasteiger partial charge on any atom is 0.352 e. The lowest BCUT2D eigenvalue weighted by atomic mass is 9.77. The number of nitrogens with one attached hydrogen (secondary N) is 1. The third-order valence-electron chi connectivity index (χ3n) is 5.28. The van der Waals surface area contributed by atoms with Crippen molar-refractivity contribution in [3.05, 3.63) is 28.8 Å². The molecule has 4 atom stereocenters. The fraction of sp³-hybridized carbons (Fsp3) is 0.412. The zero-order chi connectivity index (χ0) is 19.5. The molecule has 0 unspecified atom stereocenters. The molecule has 0 aliphatic carbocycles. The number of hydrogen-bond donors (Lipinski definition) is 3. The Morgan fingerprint density at radius 3 is 2.89 bits per heavy atom. The van der Waals surface area contributed by atoms with Gasteiger partial charge in [0.05, 0.1) is 35.7 Å². The van der Waals surface area contributed by atoms with Crippen molar-refractivity contribution in [1.82, 2.24) is 19.6 Å². The summed E-state index contributed by atoms with van der Waals surface area (Å²) in [5, 5.41) is 22.2. The normalized spacial score (nSPS) is 25.5. The van der Waals surface area contributed by atoms with E-state index in [2.05, 4.69) is 10.3 Å². The van der Waals surface area contributed by atoms with Crippen molar-refractivity contribution in [3.63, 3.8) is 0 Å². The Balaban J connectivity index is 1.79. The molecule has 27 heavy (non-hydrogen) atoms. The number of rotatable bonds is 6. The van der Waals surface area contributed by atoms with Gasteiger partial charge in [0, 0.05) is 17.7 Å².